The van der Waals surface area contributed by atoms with Crippen LogP contribution in [0.2, 0.25) is 0 Å². The lowest BCUT2D eigenvalue weighted by atomic mass is 9.93. The number of aliphatic imine (C=N–C) groups is 2. The van der Waals surface area contributed by atoms with Crippen LogP contribution in [-0.2, 0) is 0 Å². The summed E-state index contributed by atoms with van der Waals surface area (Å²) in [5.41, 5.74) is 21.2. The van der Waals surface area contributed by atoms with Crippen LogP contribution in [0.1, 0.15) is 16.7 Å². The SMILES string of the molecule is C=C(N=C(N=C(N)c1cccc2oc3cc(-c4ccc5c6c(cccc46)-c4ccccc4-5)ccc3c12)c1ccc(-c2ccccc2)cc1)c1ccccc1. The van der Waals surface area contributed by atoms with Crippen molar-refractivity contribution >= 4 is 50.1 Å². The molecule has 1 aliphatic rings. The van der Waals surface area contributed by atoms with Crippen molar-refractivity contribution in [3.8, 4) is 44.5 Å². The van der Waals surface area contributed by atoms with Gasteiger partial charge in [-0.05, 0) is 79.0 Å². The van der Waals surface area contributed by atoms with Crippen LogP contribution < -0.4 is 5.73 Å². The van der Waals surface area contributed by atoms with Crippen LogP contribution in [0.25, 0.3) is 82.9 Å². The molecule has 0 fully saturated rings. The van der Waals surface area contributed by atoms with E-state index in [4.69, 9.17) is 20.1 Å². The molecule has 254 valence electrons. The van der Waals surface area contributed by atoms with Gasteiger partial charge in [0.1, 0.15) is 17.0 Å². The predicted molar refractivity (Wildman–Crippen MR) is 226 cm³/mol. The Labute approximate surface area is 312 Å². The van der Waals surface area contributed by atoms with E-state index in [-0.39, 0.29) is 0 Å². The first-order valence-electron chi connectivity index (χ1n) is 18.1. The molecule has 4 nitrogen and oxygen atoms in total. The average molecular weight is 692 g/mol. The molecular weight excluding hydrogens is 659 g/mol. The second kappa shape index (κ2) is 12.7. The molecule has 0 bridgehead atoms. The number of amidine groups is 2. The number of benzene rings is 8. The zero-order valence-electron chi connectivity index (χ0n) is 29.3. The summed E-state index contributed by atoms with van der Waals surface area (Å²) in [5.74, 6) is 0.813. The zero-order chi connectivity index (χ0) is 36.2. The minimum Gasteiger partial charge on any atom is -0.456 e. The Morgan fingerprint density at radius 3 is 1.85 bits per heavy atom. The van der Waals surface area contributed by atoms with E-state index in [1.165, 1.54) is 38.6 Å². The van der Waals surface area contributed by atoms with Gasteiger partial charge in [0, 0.05) is 21.9 Å². The fourth-order valence-corrected chi connectivity index (χ4v) is 7.86. The molecule has 0 saturated carbocycles. The number of hydrogen-bond donors (Lipinski definition) is 1. The Balaban J connectivity index is 1.07. The molecular formula is C50H33N3O. The van der Waals surface area contributed by atoms with Crippen LogP contribution in [-0.4, -0.2) is 11.7 Å². The van der Waals surface area contributed by atoms with Crippen molar-refractivity contribution < 1.29 is 4.42 Å². The predicted octanol–water partition coefficient (Wildman–Crippen LogP) is 12.5. The quantitative estimate of drug-likeness (QED) is 0.139. The normalized spacial score (nSPS) is 12.4. The van der Waals surface area contributed by atoms with E-state index in [2.05, 4.69) is 104 Å². The lowest BCUT2D eigenvalue weighted by Crippen LogP contribution is -2.16. The molecule has 8 aromatic carbocycles. The van der Waals surface area contributed by atoms with Gasteiger partial charge in [-0.2, -0.15) is 0 Å². The summed E-state index contributed by atoms with van der Waals surface area (Å²) in [6, 6.07) is 60.6. The van der Waals surface area contributed by atoms with Gasteiger partial charge in [-0.25, -0.2) is 9.98 Å². The minimum atomic E-state index is 0.339. The highest BCUT2D eigenvalue weighted by atomic mass is 16.3. The van der Waals surface area contributed by atoms with Crippen LogP contribution >= 0.6 is 0 Å². The molecule has 0 amide bonds. The van der Waals surface area contributed by atoms with Crippen molar-refractivity contribution in [3.63, 3.8) is 0 Å². The molecule has 0 spiro atoms. The number of hydrogen-bond acceptors (Lipinski definition) is 2. The lowest BCUT2D eigenvalue weighted by Gasteiger charge is -2.10. The highest BCUT2D eigenvalue weighted by Gasteiger charge is 2.23. The summed E-state index contributed by atoms with van der Waals surface area (Å²) in [5, 5.41) is 4.42. The first-order valence-corrected chi connectivity index (χ1v) is 18.1. The van der Waals surface area contributed by atoms with E-state index in [1.54, 1.807) is 0 Å². The maximum atomic E-state index is 6.94. The Morgan fingerprint density at radius 1 is 0.444 bits per heavy atom. The Hall–Kier alpha value is -7.30. The van der Waals surface area contributed by atoms with Crippen LogP contribution in [0.3, 0.4) is 0 Å². The van der Waals surface area contributed by atoms with Crippen LogP contribution in [0.5, 0.6) is 0 Å². The molecule has 1 aromatic heterocycles. The molecule has 0 saturated heterocycles. The molecule has 2 N–H and O–H groups in total. The maximum Gasteiger partial charge on any atom is 0.162 e. The van der Waals surface area contributed by atoms with Gasteiger partial charge in [0.25, 0.3) is 0 Å². The van der Waals surface area contributed by atoms with Crippen LogP contribution in [0.15, 0.2) is 197 Å². The largest absolute Gasteiger partial charge is 0.456 e. The maximum absolute atomic E-state index is 6.94. The second-order valence-corrected chi connectivity index (χ2v) is 13.6. The Kier molecular flexibility index (Phi) is 7.41. The van der Waals surface area contributed by atoms with Crippen LogP contribution in [0.4, 0.5) is 0 Å². The highest BCUT2D eigenvalue weighted by molar-refractivity contribution is 6.22. The fourth-order valence-electron chi connectivity index (χ4n) is 7.86. The standard InChI is InChI=1S/C50H33N3O/c1-31(32-12-4-2-5-13-32)52-50(35-24-22-34(23-25-35)33-14-6-3-7-15-33)53-49(51)44-20-11-21-45-48(44)43-27-26-36(30-46(43)54-45)37-28-29-42-39-17-9-8-16-38(39)41-19-10-18-40(37)47(41)42/h2-30H,1H2,(H2,51,52,53). The summed E-state index contributed by atoms with van der Waals surface area (Å²) < 4.78 is 6.54. The molecule has 10 rings (SSSR count). The first kappa shape index (κ1) is 31.4. The molecule has 9 aromatic rings. The number of nitrogens with zero attached hydrogens (tertiary/aromatic N) is 2. The number of furan rings is 1. The van der Waals surface area contributed by atoms with E-state index in [0.29, 0.717) is 17.4 Å². The molecule has 0 radical (unpaired) electrons. The Morgan fingerprint density at radius 2 is 1.07 bits per heavy atom. The average Bonchev–Trinajstić information content (AvgIpc) is 3.77. The first-order chi connectivity index (χ1) is 26.6. The van der Waals surface area contributed by atoms with Gasteiger partial charge < -0.3 is 10.2 Å². The number of rotatable bonds is 6. The summed E-state index contributed by atoms with van der Waals surface area (Å²) in [7, 11) is 0. The van der Waals surface area contributed by atoms with E-state index >= 15 is 0 Å². The van der Waals surface area contributed by atoms with Gasteiger partial charge in [-0.3, -0.25) is 0 Å². The van der Waals surface area contributed by atoms with E-state index < -0.39 is 0 Å². The zero-order valence-corrected chi connectivity index (χ0v) is 29.3. The molecule has 54 heavy (non-hydrogen) atoms. The molecule has 0 aliphatic heterocycles. The third kappa shape index (κ3) is 5.23. The van der Waals surface area contributed by atoms with E-state index in [9.17, 15) is 0 Å². The molecule has 4 heteroatoms. The van der Waals surface area contributed by atoms with E-state index in [1.807, 2.05) is 78.9 Å². The van der Waals surface area contributed by atoms with Gasteiger partial charge in [-0.1, -0.05) is 164 Å². The summed E-state index contributed by atoms with van der Waals surface area (Å²) in [6.45, 7) is 4.28. The van der Waals surface area contributed by atoms with Gasteiger partial charge in [0.05, 0.1) is 5.70 Å². The Bertz CT molecular complexity index is 2960. The van der Waals surface area contributed by atoms with Crippen molar-refractivity contribution in [3.05, 3.63) is 199 Å². The molecule has 0 atom stereocenters. The number of fused-ring (bicyclic) bond motifs is 6. The van der Waals surface area contributed by atoms with Crippen molar-refractivity contribution in [1.29, 1.82) is 0 Å². The molecule has 0 unspecified atom stereocenters. The highest BCUT2D eigenvalue weighted by Crippen LogP contribution is 2.49. The van der Waals surface area contributed by atoms with Crippen molar-refractivity contribution in [1.82, 2.24) is 0 Å². The van der Waals surface area contributed by atoms with Crippen LogP contribution in [0, 0.1) is 0 Å². The number of nitrogens with two attached hydrogens (primary N) is 1. The monoisotopic (exact) mass is 691 g/mol. The topological polar surface area (TPSA) is 63.9 Å². The second-order valence-electron chi connectivity index (χ2n) is 13.6. The third-order valence-electron chi connectivity index (χ3n) is 10.5. The summed E-state index contributed by atoms with van der Waals surface area (Å²) in [6.07, 6.45) is 0. The lowest BCUT2D eigenvalue weighted by molar-refractivity contribution is 0.669. The van der Waals surface area contributed by atoms with Gasteiger partial charge in [0.15, 0.2) is 5.84 Å². The van der Waals surface area contributed by atoms with Gasteiger partial charge >= 0.3 is 0 Å². The summed E-state index contributed by atoms with van der Waals surface area (Å²) >= 11 is 0. The van der Waals surface area contributed by atoms with E-state index in [0.717, 1.165) is 55.3 Å². The molecule has 1 aliphatic carbocycles. The third-order valence-corrected chi connectivity index (χ3v) is 10.5. The van der Waals surface area contributed by atoms with Crippen molar-refractivity contribution in [2.24, 2.45) is 15.7 Å². The molecule has 1 heterocycles. The van der Waals surface area contributed by atoms with Gasteiger partial charge in [0.2, 0.25) is 0 Å². The van der Waals surface area contributed by atoms with Crippen molar-refractivity contribution in [2.75, 3.05) is 0 Å². The van der Waals surface area contributed by atoms with Gasteiger partial charge in [-0.15, -0.1) is 0 Å². The summed E-state index contributed by atoms with van der Waals surface area (Å²) in [4.78, 5) is 9.95. The fraction of sp³-hybridized carbons (Fsp3) is 0. The minimum absolute atomic E-state index is 0.339. The van der Waals surface area contributed by atoms with Crippen molar-refractivity contribution in [2.45, 2.75) is 0 Å². The smallest absolute Gasteiger partial charge is 0.162 e.